The van der Waals surface area contributed by atoms with Gasteiger partial charge in [0, 0.05) is 13.2 Å². The van der Waals surface area contributed by atoms with Gasteiger partial charge in [0.15, 0.2) is 0 Å². The minimum atomic E-state index is -4.44. The summed E-state index contributed by atoms with van der Waals surface area (Å²) in [5.74, 6) is 0.311. The number of halogens is 3. The average Bonchev–Trinajstić information content (AvgIpc) is 2.53. The first-order valence-electron chi connectivity index (χ1n) is 7.92. The van der Waals surface area contributed by atoms with E-state index in [0.29, 0.717) is 18.4 Å². The predicted molar refractivity (Wildman–Crippen MR) is 80.7 cm³/mol. The number of nitrogens with one attached hydrogen (secondary N) is 1. The number of carbonyl (C=O) groups is 1. The molecule has 0 unspecified atom stereocenters. The first-order valence-corrected chi connectivity index (χ1v) is 7.92. The summed E-state index contributed by atoms with van der Waals surface area (Å²) in [6.45, 7) is 0.693. The van der Waals surface area contributed by atoms with Crippen molar-refractivity contribution in [1.29, 1.82) is 0 Å². The fourth-order valence-electron chi connectivity index (χ4n) is 3.06. The third-order valence-corrected chi connectivity index (χ3v) is 4.49. The molecule has 23 heavy (non-hydrogen) atoms. The normalized spacial score (nSPS) is 21.9. The predicted octanol–water partition coefficient (Wildman–Crippen LogP) is 3.16. The van der Waals surface area contributed by atoms with Gasteiger partial charge in [0.2, 0.25) is 5.91 Å². The van der Waals surface area contributed by atoms with E-state index in [-0.39, 0.29) is 24.5 Å². The summed E-state index contributed by atoms with van der Waals surface area (Å²) in [4.78, 5) is 11.9. The Hall–Kier alpha value is -1.56. The van der Waals surface area contributed by atoms with Crippen LogP contribution in [0.1, 0.15) is 36.8 Å². The number of amides is 1. The maximum absolute atomic E-state index is 12.9. The smallest absolute Gasteiger partial charge is 0.396 e. The second kappa shape index (κ2) is 7.81. The van der Waals surface area contributed by atoms with Crippen molar-refractivity contribution in [3.63, 3.8) is 0 Å². The monoisotopic (exact) mass is 329 g/mol. The van der Waals surface area contributed by atoms with E-state index in [0.717, 1.165) is 31.7 Å². The largest absolute Gasteiger partial charge is 0.416 e. The molecule has 1 fully saturated rings. The standard InChI is InChI=1S/C17H22F3NO2/c18-17(19,20)15-4-2-1-3-14(15)9-16(23)21-10-12-5-7-13(11-22)8-6-12/h1-4,12-13,22H,5-11H2,(H,21,23). The van der Waals surface area contributed by atoms with E-state index in [1.165, 1.54) is 18.2 Å². The molecule has 1 aliphatic carbocycles. The molecule has 0 aliphatic heterocycles. The molecule has 0 aromatic heterocycles. The molecule has 0 atom stereocenters. The third kappa shape index (κ3) is 5.23. The lowest BCUT2D eigenvalue weighted by Crippen LogP contribution is -2.33. The van der Waals surface area contributed by atoms with Gasteiger partial charge in [-0.1, -0.05) is 18.2 Å². The van der Waals surface area contributed by atoms with Crippen LogP contribution in [0, 0.1) is 11.8 Å². The maximum atomic E-state index is 12.9. The van der Waals surface area contributed by atoms with E-state index in [4.69, 9.17) is 5.11 Å². The fraction of sp³-hybridized carbons (Fsp3) is 0.588. The number of aliphatic hydroxyl groups excluding tert-OH is 1. The molecule has 0 saturated heterocycles. The fourth-order valence-corrected chi connectivity index (χ4v) is 3.06. The summed E-state index contributed by atoms with van der Waals surface area (Å²) in [7, 11) is 0. The third-order valence-electron chi connectivity index (χ3n) is 4.49. The van der Waals surface area contributed by atoms with Crippen molar-refractivity contribution < 1.29 is 23.1 Å². The number of hydrogen-bond acceptors (Lipinski definition) is 2. The van der Waals surface area contributed by atoms with Crippen LogP contribution in [0.4, 0.5) is 13.2 Å². The van der Waals surface area contributed by atoms with Crippen LogP contribution in [0.2, 0.25) is 0 Å². The summed E-state index contributed by atoms with van der Waals surface area (Å²) in [6, 6.07) is 5.17. The number of benzene rings is 1. The van der Waals surface area contributed by atoms with Gasteiger partial charge in [0.05, 0.1) is 12.0 Å². The number of alkyl halides is 3. The quantitative estimate of drug-likeness (QED) is 0.872. The molecule has 0 spiro atoms. The molecule has 2 N–H and O–H groups in total. The Kier molecular flexibility index (Phi) is 6.04. The molecule has 6 heteroatoms. The van der Waals surface area contributed by atoms with Crippen LogP contribution in [0.15, 0.2) is 24.3 Å². The lowest BCUT2D eigenvalue weighted by atomic mass is 9.82. The molecule has 0 radical (unpaired) electrons. The van der Waals surface area contributed by atoms with Crippen LogP contribution in [0.25, 0.3) is 0 Å². The summed E-state index contributed by atoms with van der Waals surface area (Å²) in [5.41, 5.74) is -0.750. The molecular weight excluding hydrogens is 307 g/mol. The molecule has 1 amide bonds. The second-order valence-electron chi connectivity index (χ2n) is 6.21. The maximum Gasteiger partial charge on any atom is 0.416 e. The van der Waals surface area contributed by atoms with E-state index < -0.39 is 11.7 Å². The van der Waals surface area contributed by atoms with Crippen LogP contribution >= 0.6 is 0 Å². The molecule has 1 aliphatic rings. The summed E-state index contributed by atoms with van der Waals surface area (Å²) >= 11 is 0. The molecule has 0 heterocycles. The Labute approximate surface area is 133 Å². The minimum Gasteiger partial charge on any atom is -0.396 e. The zero-order valence-electron chi connectivity index (χ0n) is 12.9. The van der Waals surface area contributed by atoms with Crippen LogP contribution in [-0.2, 0) is 17.4 Å². The van der Waals surface area contributed by atoms with Crippen LogP contribution in [-0.4, -0.2) is 24.2 Å². The zero-order valence-corrected chi connectivity index (χ0v) is 12.9. The van der Waals surface area contributed by atoms with Gasteiger partial charge in [-0.25, -0.2) is 0 Å². The number of aliphatic hydroxyl groups is 1. The average molecular weight is 329 g/mol. The van der Waals surface area contributed by atoms with Crippen molar-refractivity contribution in [3.05, 3.63) is 35.4 Å². The highest BCUT2D eigenvalue weighted by atomic mass is 19.4. The summed E-state index contributed by atoms with van der Waals surface area (Å²) in [5, 5.41) is 11.8. The number of hydrogen-bond donors (Lipinski definition) is 2. The van der Waals surface area contributed by atoms with Crippen molar-refractivity contribution in [3.8, 4) is 0 Å². The lowest BCUT2D eigenvalue weighted by molar-refractivity contribution is -0.138. The van der Waals surface area contributed by atoms with Crippen LogP contribution in [0.5, 0.6) is 0 Å². The molecule has 1 aromatic carbocycles. The Morgan fingerprint density at radius 3 is 2.35 bits per heavy atom. The molecular formula is C17H22F3NO2. The molecule has 1 saturated carbocycles. The molecule has 128 valence electrons. The van der Waals surface area contributed by atoms with Gasteiger partial charge in [0.25, 0.3) is 0 Å². The Morgan fingerprint density at radius 1 is 1.13 bits per heavy atom. The van der Waals surface area contributed by atoms with E-state index in [9.17, 15) is 18.0 Å². The van der Waals surface area contributed by atoms with Crippen molar-refractivity contribution in [2.24, 2.45) is 11.8 Å². The first-order chi connectivity index (χ1) is 10.9. The van der Waals surface area contributed by atoms with E-state index in [1.54, 1.807) is 0 Å². The summed E-state index contributed by atoms with van der Waals surface area (Å²) < 4.78 is 38.7. The highest BCUT2D eigenvalue weighted by Gasteiger charge is 2.33. The van der Waals surface area contributed by atoms with Crippen molar-refractivity contribution in [1.82, 2.24) is 5.32 Å². The highest BCUT2D eigenvalue weighted by molar-refractivity contribution is 5.79. The van der Waals surface area contributed by atoms with E-state index in [1.807, 2.05) is 0 Å². The summed E-state index contributed by atoms with van der Waals surface area (Å²) in [6.07, 6.45) is -0.960. The van der Waals surface area contributed by atoms with Crippen molar-refractivity contribution in [2.75, 3.05) is 13.2 Å². The Morgan fingerprint density at radius 2 is 1.74 bits per heavy atom. The van der Waals surface area contributed by atoms with Crippen LogP contribution < -0.4 is 5.32 Å². The van der Waals surface area contributed by atoms with Crippen LogP contribution in [0.3, 0.4) is 0 Å². The molecule has 3 nitrogen and oxygen atoms in total. The van der Waals surface area contributed by atoms with Crippen molar-refractivity contribution >= 4 is 5.91 Å². The molecule has 1 aromatic rings. The van der Waals surface area contributed by atoms with E-state index >= 15 is 0 Å². The first kappa shape index (κ1) is 17.8. The van der Waals surface area contributed by atoms with Gasteiger partial charge in [-0.2, -0.15) is 13.2 Å². The molecule has 2 rings (SSSR count). The van der Waals surface area contributed by atoms with Gasteiger partial charge in [-0.05, 0) is 49.1 Å². The second-order valence-corrected chi connectivity index (χ2v) is 6.21. The minimum absolute atomic E-state index is 0.00138. The van der Waals surface area contributed by atoms with Gasteiger partial charge in [0.1, 0.15) is 0 Å². The number of rotatable bonds is 5. The van der Waals surface area contributed by atoms with E-state index in [2.05, 4.69) is 5.32 Å². The Bertz CT molecular complexity index is 523. The van der Waals surface area contributed by atoms with Gasteiger partial charge >= 0.3 is 6.18 Å². The lowest BCUT2D eigenvalue weighted by Gasteiger charge is -2.27. The molecule has 0 bridgehead atoms. The Balaban J connectivity index is 1.84. The number of carbonyl (C=O) groups excluding carboxylic acids is 1. The SMILES string of the molecule is O=C(Cc1ccccc1C(F)(F)F)NCC1CCC(CO)CC1. The topological polar surface area (TPSA) is 49.3 Å². The van der Waals surface area contributed by atoms with Gasteiger partial charge in [-0.3, -0.25) is 4.79 Å². The van der Waals surface area contributed by atoms with Crippen molar-refractivity contribution in [2.45, 2.75) is 38.3 Å². The van der Waals surface area contributed by atoms with Gasteiger partial charge in [-0.15, -0.1) is 0 Å². The van der Waals surface area contributed by atoms with Gasteiger partial charge < -0.3 is 10.4 Å². The zero-order chi connectivity index (χ0) is 16.9. The highest BCUT2D eigenvalue weighted by Crippen LogP contribution is 2.32.